The zero-order chi connectivity index (χ0) is 14.5. The van der Waals surface area contributed by atoms with Crippen LogP contribution >= 0.6 is 0 Å². The maximum absolute atomic E-state index is 5.74. The Morgan fingerprint density at radius 1 is 1.35 bits per heavy atom. The number of hydrogen-bond acceptors (Lipinski definition) is 5. The van der Waals surface area contributed by atoms with Gasteiger partial charge in [-0.15, -0.1) is 0 Å². The second-order valence-electron chi connectivity index (χ2n) is 5.81. The lowest BCUT2D eigenvalue weighted by Gasteiger charge is -2.17. The molecule has 3 unspecified atom stereocenters. The first-order valence-corrected chi connectivity index (χ1v) is 7.85. The highest BCUT2D eigenvalue weighted by molar-refractivity contribution is 5.04. The van der Waals surface area contributed by atoms with Crippen LogP contribution in [0.4, 0.5) is 0 Å². The summed E-state index contributed by atoms with van der Waals surface area (Å²) in [4.78, 5) is 4.62. The Morgan fingerprint density at radius 3 is 2.80 bits per heavy atom. The van der Waals surface area contributed by atoms with Crippen molar-refractivity contribution in [2.24, 2.45) is 5.92 Å². The van der Waals surface area contributed by atoms with Gasteiger partial charge >= 0.3 is 0 Å². The van der Waals surface area contributed by atoms with Gasteiger partial charge in [-0.2, -0.15) is 4.98 Å². The van der Waals surface area contributed by atoms with E-state index in [1.165, 1.54) is 12.8 Å². The van der Waals surface area contributed by atoms with Crippen molar-refractivity contribution in [1.82, 2.24) is 15.5 Å². The molecule has 5 heteroatoms. The summed E-state index contributed by atoms with van der Waals surface area (Å²) in [5.41, 5.74) is 0. The molecule has 114 valence electrons. The van der Waals surface area contributed by atoms with Crippen LogP contribution in [0.5, 0.6) is 0 Å². The molecule has 0 bridgehead atoms. The van der Waals surface area contributed by atoms with E-state index >= 15 is 0 Å². The molecule has 3 atom stereocenters. The van der Waals surface area contributed by atoms with Crippen molar-refractivity contribution in [2.75, 3.05) is 13.2 Å². The van der Waals surface area contributed by atoms with Crippen LogP contribution in [0.1, 0.15) is 70.7 Å². The molecule has 20 heavy (non-hydrogen) atoms. The van der Waals surface area contributed by atoms with E-state index in [2.05, 4.69) is 36.2 Å². The Morgan fingerprint density at radius 2 is 2.15 bits per heavy atom. The molecule has 1 aliphatic rings. The van der Waals surface area contributed by atoms with Crippen LogP contribution in [-0.4, -0.2) is 29.3 Å². The van der Waals surface area contributed by atoms with Gasteiger partial charge in [0.15, 0.2) is 0 Å². The van der Waals surface area contributed by atoms with E-state index < -0.39 is 0 Å². The zero-order valence-electron chi connectivity index (χ0n) is 13.1. The molecule has 1 fully saturated rings. The first kappa shape index (κ1) is 15.4. The summed E-state index contributed by atoms with van der Waals surface area (Å²) >= 11 is 0. The molecule has 1 heterocycles. The lowest BCUT2D eigenvalue weighted by molar-refractivity contribution is 0.0217. The molecule has 0 amide bonds. The summed E-state index contributed by atoms with van der Waals surface area (Å²) in [6, 6.07) is 0.470. The number of aromatic nitrogens is 2. The average Bonchev–Trinajstić information content (AvgIpc) is 3.04. The molecule has 1 aromatic heterocycles. The fraction of sp³-hybridized carbons (Fsp3) is 0.867. The van der Waals surface area contributed by atoms with Crippen molar-refractivity contribution in [3.63, 3.8) is 0 Å². The van der Waals surface area contributed by atoms with E-state index in [0.717, 1.165) is 18.9 Å². The predicted octanol–water partition coefficient (Wildman–Crippen LogP) is 3.05. The minimum absolute atomic E-state index is 0.0727. The summed E-state index contributed by atoms with van der Waals surface area (Å²) in [6.45, 7) is 10.0. The number of rotatable bonds is 7. The molecule has 2 rings (SSSR count). The summed E-state index contributed by atoms with van der Waals surface area (Å²) < 4.78 is 11.3. The number of nitrogens with zero attached hydrogens (tertiary/aromatic N) is 2. The molecule has 0 aromatic carbocycles. The third kappa shape index (κ3) is 3.38. The van der Waals surface area contributed by atoms with Gasteiger partial charge in [0.1, 0.15) is 6.10 Å². The van der Waals surface area contributed by atoms with Gasteiger partial charge in [0.2, 0.25) is 11.7 Å². The van der Waals surface area contributed by atoms with Crippen LogP contribution in [0.15, 0.2) is 4.52 Å². The Balaban J connectivity index is 2.11. The van der Waals surface area contributed by atoms with Crippen molar-refractivity contribution in [3.8, 4) is 0 Å². The highest BCUT2D eigenvalue weighted by atomic mass is 16.5. The second-order valence-corrected chi connectivity index (χ2v) is 5.81. The van der Waals surface area contributed by atoms with Gasteiger partial charge in [0.05, 0.1) is 5.92 Å². The van der Waals surface area contributed by atoms with Crippen LogP contribution in [0, 0.1) is 5.92 Å². The molecule has 1 aliphatic carbocycles. The van der Waals surface area contributed by atoms with Crippen molar-refractivity contribution >= 4 is 0 Å². The van der Waals surface area contributed by atoms with Crippen molar-refractivity contribution in [2.45, 2.75) is 65.0 Å². The van der Waals surface area contributed by atoms with Crippen LogP contribution in [0.25, 0.3) is 0 Å². The lowest BCUT2D eigenvalue weighted by atomic mass is 10.0. The highest BCUT2D eigenvalue weighted by Gasteiger charge is 2.33. The minimum atomic E-state index is -0.0727. The summed E-state index contributed by atoms with van der Waals surface area (Å²) in [5, 5.41) is 7.68. The van der Waals surface area contributed by atoms with E-state index in [9.17, 15) is 0 Å². The molecule has 1 N–H and O–H groups in total. The fourth-order valence-corrected chi connectivity index (χ4v) is 3.02. The molecular formula is C15H27N3O2. The van der Waals surface area contributed by atoms with Gasteiger partial charge in [0.25, 0.3) is 0 Å². The standard InChI is InChI=1S/C15H27N3O2/c1-5-16-12-9-7-8-11(12)15-17-14(18-20-15)13(10(3)4)19-6-2/h10-13,16H,5-9H2,1-4H3. The lowest BCUT2D eigenvalue weighted by Crippen LogP contribution is -2.31. The SMILES string of the molecule is CCNC1CCCC1c1nc(C(OCC)C(C)C)no1. The summed E-state index contributed by atoms with van der Waals surface area (Å²) in [6.07, 6.45) is 3.46. The summed E-state index contributed by atoms with van der Waals surface area (Å²) in [7, 11) is 0. The zero-order valence-corrected chi connectivity index (χ0v) is 13.1. The Kier molecular flexibility index (Phi) is 5.54. The number of nitrogens with one attached hydrogen (secondary N) is 1. The molecular weight excluding hydrogens is 254 g/mol. The van der Waals surface area contributed by atoms with E-state index in [1.54, 1.807) is 0 Å². The molecule has 0 aliphatic heterocycles. The monoisotopic (exact) mass is 281 g/mol. The van der Waals surface area contributed by atoms with Crippen molar-refractivity contribution in [3.05, 3.63) is 11.7 Å². The first-order chi connectivity index (χ1) is 9.67. The molecule has 1 aromatic rings. The van der Waals surface area contributed by atoms with Gasteiger partial charge in [0, 0.05) is 12.6 Å². The largest absolute Gasteiger partial charge is 0.370 e. The van der Waals surface area contributed by atoms with Gasteiger partial charge in [-0.25, -0.2) is 0 Å². The van der Waals surface area contributed by atoms with Gasteiger partial charge < -0.3 is 14.6 Å². The van der Waals surface area contributed by atoms with E-state index in [-0.39, 0.29) is 6.10 Å². The Labute approximate surface area is 121 Å². The maximum Gasteiger partial charge on any atom is 0.231 e. The summed E-state index contributed by atoms with van der Waals surface area (Å²) in [5.74, 6) is 2.16. The Bertz CT molecular complexity index is 406. The third-order valence-electron chi connectivity index (χ3n) is 3.96. The van der Waals surface area contributed by atoms with E-state index in [0.29, 0.717) is 30.3 Å². The first-order valence-electron chi connectivity index (χ1n) is 7.85. The van der Waals surface area contributed by atoms with Gasteiger partial charge in [-0.05, 0) is 32.2 Å². The minimum Gasteiger partial charge on any atom is -0.370 e. The normalized spacial score (nSPS) is 24.4. The number of likely N-dealkylation sites (N-methyl/N-ethyl adjacent to an activating group) is 1. The molecule has 0 radical (unpaired) electrons. The fourth-order valence-electron chi connectivity index (χ4n) is 3.02. The molecule has 0 spiro atoms. The van der Waals surface area contributed by atoms with E-state index in [4.69, 9.17) is 9.26 Å². The third-order valence-corrected chi connectivity index (χ3v) is 3.96. The molecule has 0 saturated heterocycles. The Hall–Kier alpha value is -0.940. The van der Waals surface area contributed by atoms with Crippen LogP contribution < -0.4 is 5.32 Å². The quantitative estimate of drug-likeness (QED) is 0.832. The highest BCUT2D eigenvalue weighted by Crippen LogP contribution is 2.34. The van der Waals surface area contributed by atoms with Crippen LogP contribution in [-0.2, 0) is 4.74 Å². The van der Waals surface area contributed by atoms with Crippen molar-refractivity contribution < 1.29 is 9.26 Å². The van der Waals surface area contributed by atoms with Crippen LogP contribution in [0.2, 0.25) is 0 Å². The van der Waals surface area contributed by atoms with Crippen molar-refractivity contribution in [1.29, 1.82) is 0 Å². The van der Waals surface area contributed by atoms with Crippen LogP contribution in [0.3, 0.4) is 0 Å². The average molecular weight is 281 g/mol. The number of ether oxygens (including phenoxy) is 1. The second kappa shape index (κ2) is 7.18. The topological polar surface area (TPSA) is 60.2 Å². The smallest absolute Gasteiger partial charge is 0.231 e. The molecule has 5 nitrogen and oxygen atoms in total. The predicted molar refractivity (Wildman–Crippen MR) is 77.6 cm³/mol. The van der Waals surface area contributed by atoms with E-state index in [1.807, 2.05) is 6.92 Å². The molecule has 1 saturated carbocycles. The van der Waals surface area contributed by atoms with Gasteiger partial charge in [-0.1, -0.05) is 32.3 Å². The number of hydrogen-bond donors (Lipinski definition) is 1. The van der Waals surface area contributed by atoms with Gasteiger partial charge in [-0.3, -0.25) is 0 Å². The maximum atomic E-state index is 5.74.